The lowest BCUT2D eigenvalue weighted by atomic mass is 10.2. The minimum absolute atomic E-state index is 0.0165. The number of allylic oxidation sites excluding steroid dienone is 2. The highest BCUT2D eigenvalue weighted by molar-refractivity contribution is 8.01. The fourth-order valence-corrected chi connectivity index (χ4v) is 4.86. The molecule has 1 saturated heterocycles. The number of sulfone groups is 1. The second kappa shape index (κ2) is 10.5. The normalized spacial score (nSPS) is 21.6. The number of rotatable bonds is 5. The lowest BCUT2D eigenvalue weighted by Gasteiger charge is -2.10. The van der Waals surface area contributed by atoms with E-state index in [4.69, 9.17) is 4.74 Å². The van der Waals surface area contributed by atoms with Crippen LogP contribution in [0, 0.1) is 10.1 Å². The first-order valence-electron chi connectivity index (χ1n) is 8.28. The molecule has 0 aromatic heterocycles. The second-order valence-corrected chi connectivity index (χ2v) is 9.76. The fraction of sp³-hybridized carbons (Fsp3) is 0.353. The zero-order valence-corrected chi connectivity index (χ0v) is 17.3. The molecule has 11 heteroatoms. The van der Waals surface area contributed by atoms with E-state index in [1.807, 2.05) is 0 Å². The number of carbonyl (C=O) groups excluding carboxylic acids is 1. The number of nitro benzene ring substituents is 1. The summed E-state index contributed by atoms with van der Waals surface area (Å²) in [6.45, 7) is 0.664. The van der Waals surface area contributed by atoms with Crippen molar-refractivity contribution in [3.63, 3.8) is 0 Å². The van der Waals surface area contributed by atoms with Gasteiger partial charge in [-0.3, -0.25) is 10.1 Å². The monoisotopic (exact) mass is 444 g/mol. The smallest absolute Gasteiger partial charge is 0.407 e. The molecule has 0 spiro atoms. The standard InChI is InChI=1S/C13H16N2O4S2.C4H4O2S/c16-13(14-6-12-5-11(20)8-21-12)19-7-9-1-3-10(4-2-9)15(17)18;5-7(6)3-1-2-4-7/h1-4,11-12,20H,5-8H2,(H,14,16);1-4H. The number of ether oxygens (including phenoxy) is 1. The summed E-state index contributed by atoms with van der Waals surface area (Å²) in [6, 6.07) is 5.92. The van der Waals surface area contributed by atoms with E-state index in [0.29, 0.717) is 22.6 Å². The number of thioether (sulfide) groups is 1. The topological polar surface area (TPSA) is 116 Å². The maximum Gasteiger partial charge on any atom is 0.407 e. The van der Waals surface area contributed by atoms with Crippen molar-refractivity contribution in [2.24, 2.45) is 0 Å². The van der Waals surface area contributed by atoms with Crippen molar-refractivity contribution in [1.82, 2.24) is 5.32 Å². The van der Waals surface area contributed by atoms with E-state index in [1.54, 1.807) is 23.9 Å². The van der Waals surface area contributed by atoms with Gasteiger partial charge in [0.25, 0.3) is 5.69 Å². The minimum atomic E-state index is -2.91. The first-order valence-corrected chi connectivity index (χ1v) is 11.5. The number of hydrogen-bond acceptors (Lipinski definition) is 8. The van der Waals surface area contributed by atoms with Gasteiger partial charge in [-0.05, 0) is 36.3 Å². The summed E-state index contributed by atoms with van der Waals surface area (Å²) < 4.78 is 25.6. The van der Waals surface area contributed by atoms with E-state index in [2.05, 4.69) is 17.9 Å². The van der Waals surface area contributed by atoms with Gasteiger partial charge in [-0.25, -0.2) is 13.2 Å². The van der Waals surface area contributed by atoms with Gasteiger partial charge >= 0.3 is 6.09 Å². The van der Waals surface area contributed by atoms with Crippen LogP contribution in [0.1, 0.15) is 12.0 Å². The third kappa shape index (κ3) is 7.95. The Balaban J connectivity index is 0.000000336. The molecule has 2 heterocycles. The molecule has 2 unspecified atom stereocenters. The molecule has 1 aromatic carbocycles. The molecule has 2 aliphatic rings. The number of nitrogens with one attached hydrogen (secondary N) is 1. The number of alkyl carbamates (subject to hydrolysis) is 1. The maximum absolute atomic E-state index is 11.6. The predicted octanol–water partition coefficient (Wildman–Crippen LogP) is 3.07. The zero-order chi connectivity index (χ0) is 20.6. The summed E-state index contributed by atoms with van der Waals surface area (Å²) in [5, 5.41) is 16.3. The largest absolute Gasteiger partial charge is 0.445 e. The Kier molecular flexibility index (Phi) is 8.39. The molecule has 2 atom stereocenters. The summed E-state index contributed by atoms with van der Waals surface area (Å²) in [7, 11) is -2.91. The molecule has 152 valence electrons. The number of benzene rings is 1. The highest BCUT2D eigenvalue weighted by Crippen LogP contribution is 2.29. The quantitative estimate of drug-likeness (QED) is 0.407. The molecular weight excluding hydrogens is 424 g/mol. The molecule has 1 fully saturated rings. The molecule has 0 saturated carbocycles. The van der Waals surface area contributed by atoms with E-state index in [1.165, 1.54) is 24.3 Å². The van der Waals surface area contributed by atoms with Gasteiger partial charge in [0.15, 0.2) is 9.84 Å². The van der Waals surface area contributed by atoms with Crippen LogP contribution in [0.25, 0.3) is 0 Å². The van der Waals surface area contributed by atoms with Crippen LogP contribution in [0.4, 0.5) is 10.5 Å². The van der Waals surface area contributed by atoms with Crippen LogP contribution in [-0.4, -0.2) is 42.2 Å². The number of nitrogens with zero attached hydrogens (tertiary/aromatic N) is 1. The van der Waals surface area contributed by atoms with E-state index in [9.17, 15) is 23.3 Å². The van der Waals surface area contributed by atoms with Crippen LogP contribution < -0.4 is 5.32 Å². The van der Waals surface area contributed by atoms with Crippen LogP contribution in [0.3, 0.4) is 0 Å². The van der Waals surface area contributed by atoms with Crippen molar-refractivity contribution in [3.8, 4) is 0 Å². The lowest BCUT2D eigenvalue weighted by Crippen LogP contribution is -2.30. The zero-order valence-electron chi connectivity index (χ0n) is 14.8. The summed E-state index contributed by atoms with van der Waals surface area (Å²) in [5.74, 6) is 1.01. The average molecular weight is 445 g/mol. The first kappa shape index (κ1) is 22.3. The van der Waals surface area contributed by atoms with Gasteiger partial charge in [0.05, 0.1) is 4.92 Å². The van der Waals surface area contributed by atoms with Gasteiger partial charge in [0.1, 0.15) is 6.61 Å². The molecule has 3 rings (SSSR count). The van der Waals surface area contributed by atoms with Gasteiger partial charge in [-0.15, -0.1) is 0 Å². The SMILES string of the molecule is O=C(NCC1CC(S)CS1)OCc1ccc([N+](=O)[O-])cc1.O=S1(=O)C=CC=C1. The number of carbonyl (C=O) groups is 1. The van der Waals surface area contributed by atoms with Crippen molar-refractivity contribution in [3.05, 3.63) is 62.9 Å². The molecule has 2 aliphatic heterocycles. The highest BCUT2D eigenvalue weighted by Gasteiger charge is 2.23. The maximum atomic E-state index is 11.6. The fourth-order valence-electron chi connectivity index (χ4n) is 2.30. The molecule has 0 aliphatic carbocycles. The van der Waals surface area contributed by atoms with Crippen molar-refractivity contribution in [1.29, 1.82) is 0 Å². The van der Waals surface area contributed by atoms with Crippen LogP contribution in [0.2, 0.25) is 0 Å². The van der Waals surface area contributed by atoms with E-state index in [-0.39, 0.29) is 12.3 Å². The van der Waals surface area contributed by atoms with E-state index < -0.39 is 20.9 Å². The van der Waals surface area contributed by atoms with Crippen LogP contribution in [0.15, 0.2) is 47.2 Å². The molecule has 8 nitrogen and oxygen atoms in total. The highest BCUT2D eigenvalue weighted by atomic mass is 32.2. The number of hydrogen-bond donors (Lipinski definition) is 2. The van der Waals surface area contributed by atoms with Gasteiger partial charge < -0.3 is 10.1 Å². The summed E-state index contributed by atoms with van der Waals surface area (Å²) in [5.41, 5.74) is 0.726. The van der Waals surface area contributed by atoms with Gasteiger partial charge in [-0.2, -0.15) is 24.4 Å². The van der Waals surface area contributed by atoms with Crippen LogP contribution in [-0.2, 0) is 21.2 Å². The third-order valence-corrected chi connectivity index (χ3v) is 6.84. The van der Waals surface area contributed by atoms with Gasteiger partial charge in [-0.1, -0.05) is 0 Å². The van der Waals surface area contributed by atoms with E-state index in [0.717, 1.165) is 23.0 Å². The number of nitro groups is 1. The Morgan fingerprint density at radius 2 is 1.93 bits per heavy atom. The molecule has 1 N–H and O–H groups in total. The van der Waals surface area contributed by atoms with Crippen LogP contribution >= 0.6 is 24.4 Å². The lowest BCUT2D eigenvalue weighted by molar-refractivity contribution is -0.384. The predicted molar refractivity (Wildman–Crippen MR) is 112 cm³/mol. The Bertz CT molecular complexity index is 834. The van der Waals surface area contributed by atoms with Crippen molar-refractivity contribution in [2.45, 2.75) is 23.5 Å². The number of non-ortho nitro benzene ring substituents is 1. The average Bonchev–Trinajstić information content (AvgIpc) is 3.26. The molecule has 0 radical (unpaired) electrons. The molecule has 1 aromatic rings. The molecule has 0 bridgehead atoms. The molecular formula is C17H20N2O6S3. The summed E-state index contributed by atoms with van der Waals surface area (Å²) in [4.78, 5) is 21.6. The Hall–Kier alpha value is -1.98. The second-order valence-electron chi connectivity index (χ2n) is 5.97. The van der Waals surface area contributed by atoms with E-state index >= 15 is 0 Å². The summed E-state index contributed by atoms with van der Waals surface area (Å²) >= 11 is 6.20. The van der Waals surface area contributed by atoms with Crippen molar-refractivity contribution < 1.29 is 22.9 Å². The number of thiol groups is 1. The first-order chi connectivity index (χ1) is 13.2. The van der Waals surface area contributed by atoms with Crippen molar-refractivity contribution >= 4 is 46.0 Å². The Labute approximate surface area is 172 Å². The minimum Gasteiger partial charge on any atom is -0.445 e. The van der Waals surface area contributed by atoms with Gasteiger partial charge in [0, 0.05) is 45.7 Å². The third-order valence-electron chi connectivity index (χ3n) is 3.70. The molecule has 1 amide bonds. The van der Waals surface area contributed by atoms with Gasteiger partial charge in [0.2, 0.25) is 0 Å². The molecule has 28 heavy (non-hydrogen) atoms. The number of amides is 1. The van der Waals surface area contributed by atoms with Crippen LogP contribution in [0.5, 0.6) is 0 Å². The summed E-state index contributed by atoms with van der Waals surface area (Å²) in [6.07, 6.45) is 3.50. The Morgan fingerprint density at radius 3 is 2.39 bits per heavy atom. The van der Waals surface area contributed by atoms with Crippen molar-refractivity contribution in [2.75, 3.05) is 12.3 Å². The Morgan fingerprint density at radius 1 is 1.29 bits per heavy atom.